The van der Waals surface area contributed by atoms with Crippen LogP contribution in [0.25, 0.3) is 0 Å². The highest BCUT2D eigenvalue weighted by molar-refractivity contribution is 6.05. The Kier molecular flexibility index (Phi) is 6.01. The number of morpholine rings is 1. The largest absolute Gasteiger partial charge is 0.379 e. The Morgan fingerprint density at radius 1 is 1.20 bits per heavy atom. The van der Waals surface area contributed by atoms with Crippen LogP contribution in [0.15, 0.2) is 42.1 Å². The average Bonchev–Trinajstić information content (AvgIpc) is 3.09. The highest BCUT2D eigenvalue weighted by Crippen LogP contribution is 2.27. The first-order valence-corrected chi connectivity index (χ1v) is 10.2. The van der Waals surface area contributed by atoms with E-state index in [-0.39, 0.29) is 18.4 Å². The predicted molar refractivity (Wildman–Crippen MR) is 109 cm³/mol. The number of carbonyl (C=O) groups is 3. The van der Waals surface area contributed by atoms with Crippen molar-refractivity contribution in [1.29, 1.82) is 0 Å². The number of urea groups is 1. The maximum Gasteiger partial charge on any atom is 0.325 e. The van der Waals surface area contributed by atoms with Crippen LogP contribution in [0.3, 0.4) is 0 Å². The van der Waals surface area contributed by atoms with E-state index < -0.39 is 18.1 Å². The molecule has 2 N–H and O–H groups in total. The standard InChI is InChI=1S/C21H27N5O4/c1-24-14-16(19(27)22-7-8-25-9-11-30-12-10-25)17-18(24)20(28)26(21(29)23-17)13-15-5-3-2-4-6-15/h2-6,14,17-18H,7-13H2,1H3,(H,22,27)(H,23,29). The second-order valence-electron chi connectivity index (χ2n) is 7.74. The molecule has 2 atom stereocenters. The number of imide groups is 1. The smallest absolute Gasteiger partial charge is 0.325 e. The fourth-order valence-corrected chi connectivity index (χ4v) is 4.10. The molecule has 1 aromatic carbocycles. The Morgan fingerprint density at radius 2 is 1.93 bits per heavy atom. The third-order valence-corrected chi connectivity index (χ3v) is 5.74. The zero-order valence-corrected chi connectivity index (χ0v) is 17.0. The summed E-state index contributed by atoms with van der Waals surface area (Å²) < 4.78 is 5.33. The summed E-state index contributed by atoms with van der Waals surface area (Å²) in [6.07, 6.45) is 1.66. The van der Waals surface area contributed by atoms with Gasteiger partial charge in [-0.15, -0.1) is 0 Å². The van der Waals surface area contributed by atoms with Crippen molar-refractivity contribution in [3.05, 3.63) is 47.7 Å². The van der Waals surface area contributed by atoms with E-state index in [0.717, 1.165) is 25.2 Å². The molecule has 1 aromatic rings. The number of benzene rings is 1. The minimum absolute atomic E-state index is 0.198. The van der Waals surface area contributed by atoms with Crippen molar-refractivity contribution in [3.8, 4) is 0 Å². The molecule has 2 saturated heterocycles. The number of rotatable bonds is 6. The molecule has 0 aromatic heterocycles. The van der Waals surface area contributed by atoms with E-state index in [4.69, 9.17) is 4.74 Å². The van der Waals surface area contributed by atoms with Gasteiger partial charge in [0.05, 0.1) is 31.4 Å². The van der Waals surface area contributed by atoms with Crippen molar-refractivity contribution in [2.75, 3.05) is 46.4 Å². The number of nitrogens with one attached hydrogen (secondary N) is 2. The summed E-state index contributed by atoms with van der Waals surface area (Å²) in [5, 5.41) is 5.76. The molecule has 0 spiro atoms. The first kappa shape index (κ1) is 20.4. The van der Waals surface area contributed by atoms with E-state index in [2.05, 4.69) is 15.5 Å². The SMILES string of the molecule is CN1C=C(C(=O)NCCN2CCOCC2)C2NC(=O)N(Cc3ccccc3)C(=O)C21. The van der Waals surface area contributed by atoms with Crippen LogP contribution in [0.2, 0.25) is 0 Å². The first-order chi connectivity index (χ1) is 14.5. The average molecular weight is 413 g/mol. The predicted octanol–water partition coefficient (Wildman–Crippen LogP) is -0.247. The van der Waals surface area contributed by atoms with Gasteiger partial charge in [-0.05, 0) is 5.56 Å². The van der Waals surface area contributed by atoms with E-state index in [1.807, 2.05) is 30.3 Å². The van der Waals surface area contributed by atoms with E-state index in [1.165, 1.54) is 4.90 Å². The summed E-state index contributed by atoms with van der Waals surface area (Å²) >= 11 is 0. The number of carbonyl (C=O) groups excluding carboxylic acids is 3. The van der Waals surface area contributed by atoms with E-state index in [9.17, 15) is 14.4 Å². The van der Waals surface area contributed by atoms with Gasteiger partial charge in [0, 0.05) is 39.4 Å². The van der Waals surface area contributed by atoms with Gasteiger partial charge < -0.3 is 20.3 Å². The van der Waals surface area contributed by atoms with Gasteiger partial charge in [0.25, 0.3) is 11.8 Å². The minimum Gasteiger partial charge on any atom is -0.379 e. The van der Waals surface area contributed by atoms with Gasteiger partial charge >= 0.3 is 6.03 Å². The van der Waals surface area contributed by atoms with Gasteiger partial charge in [-0.1, -0.05) is 30.3 Å². The maximum absolute atomic E-state index is 13.1. The summed E-state index contributed by atoms with van der Waals surface area (Å²) in [5.41, 5.74) is 1.28. The molecule has 30 heavy (non-hydrogen) atoms. The Hall–Kier alpha value is -2.91. The lowest BCUT2D eigenvalue weighted by atomic mass is 9.99. The summed E-state index contributed by atoms with van der Waals surface area (Å²) in [7, 11) is 1.75. The molecule has 2 fully saturated rings. The Bertz CT molecular complexity index is 837. The molecule has 0 bridgehead atoms. The fourth-order valence-electron chi connectivity index (χ4n) is 4.10. The van der Waals surface area contributed by atoms with Gasteiger partial charge in [-0.2, -0.15) is 0 Å². The summed E-state index contributed by atoms with van der Waals surface area (Å²) in [6, 6.07) is 7.62. The van der Waals surface area contributed by atoms with Crippen molar-refractivity contribution >= 4 is 17.8 Å². The number of fused-ring (bicyclic) bond motifs is 1. The molecule has 0 radical (unpaired) electrons. The topological polar surface area (TPSA) is 94.2 Å². The number of amides is 4. The van der Waals surface area contributed by atoms with Gasteiger partial charge in [0.15, 0.2) is 0 Å². The number of ether oxygens (including phenoxy) is 1. The van der Waals surface area contributed by atoms with Crippen molar-refractivity contribution in [3.63, 3.8) is 0 Å². The molecule has 160 valence electrons. The summed E-state index contributed by atoms with van der Waals surface area (Å²) in [4.78, 5) is 43.6. The third-order valence-electron chi connectivity index (χ3n) is 5.74. The molecule has 0 aliphatic carbocycles. The van der Waals surface area contributed by atoms with Crippen LogP contribution in [-0.4, -0.2) is 91.1 Å². The minimum atomic E-state index is -0.648. The Labute approximate surface area is 175 Å². The van der Waals surface area contributed by atoms with Gasteiger partial charge in [0.1, 0.15) is 6.04 Å². The van der Waals surface area contributed by atoms with Crippen LogP contribution in [0.4, 0.5) is 4.79 Å². The number of hydrogen-bond donors (Lipinski definition) is 2. The molecule has 2 unspecified atom stereocenters. The molecule has 3 heterocycles. The highest BCUT2D eigenvalue weighted by atomic mass is 16.5. The van der Waals surface area contributed by atoms with E-state index in [0.29, 0.717) is 25.3 Å². The van der Waals surface area contributed by atoms with Crippen LogP contribution in [0.1, 0.15) is 5.56 Å². The quantitative estimate of drug-likeness (QED) is 0.668. The van der Waals surface area contributed by atoms with Crippen molar-refractivity contribution in [2.45, 2.75) is 18.6 Å². The molecular formula is C21H27N5O4. The van der Waals surface area contributed by atoms with Crippen molar-refractivity contribution in [1.82, 2.24) is 25.3 Å². The molecule has 0 saturated carbocycles. The van der Waals surface area contributed by atoms with Crippen LogP contribution in [0, 0.1) is 0 Å². The van der Waals surface area contributed by atoms with Gasteiger partial charge in [0.2, 0.25) is 0 Å². The number of hydrogen-bond acceptors (Lipinski definition) is 6. The highest BCUT2D eigenvalue weighted by Gasteiger charge is 2.49. The van der Waals surface area contributed by atoms with Crippen LogP contribution >= 0.6 is 0 Å². The Balaban J connectivity index is 1.37. The van der Waals surface area contributed by atoms with E-state index in [1.54, 1.807) is 18.1 Å². The molecule has 9 heteroatoms. The maximum atomic E-state index is 13.1. The fraction of sp³-hybridized carbons (Fsp3) is 0.476. The molecule has 3 aliphatic rings. The number of likely N-dealkylation sites (N-methyl/N-ethyl adjacent to an activating group) is 1. The van der Waals surface area contributed by atoms with Crippen molar-refractivity contribution in [2.24, 2.45) is 0 Å². The first-order valence-electron chi connectivity index (χ1n) is 10.2. The summed E-state index contributed by atoms with van der Waals surface area (Å²) in [5.74, 6) is -0.560. The van der Waals surface area contributed by atoms with Crippen LogP contribution < -0.4 is 10.6 Å². The molecule has 9 nitrogen and oxygen atoms in total. The second-order valence-corrected chi connectivity index (χ2v) is 7.74. The molecule has 4 rings (SSSR count). The molecule has 3 aliphatic heterocycles. The lowest BCUT2D eigenvalue weighted by molar-refractivity contribution is -0.135. The van der Waals surface area contributed by atoms with Gasteiger partial charge in [-0.3, -0.25) is 19.4 Å². The number of nitrogens with zero attached hydrogens (tertiary/aromatic N) is 3. The Morgan fingerprint density at radius 3 is 2.67 bits per heavy atom. The van der Waals surface area contributed by atoms with Crippen LogP contribution in [-0.2, 0) is 20.9 Å². The molecule has 4 amide bonds. The van der Waals surface area contributed by atoms with Gasteiger partial charge in [-0.25, -0.2) is 4.79 Å². The zero-order valence-electron chi connectivity index (χ0n) is 17.0. The normalized spacial score (nSPS) is 24.4. The van der Waals surface area contributed by atoms with Crippen molar-refractivity contribution < 1.29 is 19.1 Å². The van der Waals surface area contributed by atoms with Crippen LogP contribution in [0.5, 0.6) is 0 Å². The molecular weight excluding hydrogens is 386 g/mol. The third kappa shape index (κ3) is 4.17. The van der Waals surface area contributed by atoms with E-state index >= 15 is 0 Å². The lowest BCUT2D eigenvalue weighted by Gasteiger charge is -2.37. The zero-order chi connectivity index (χ0) is 21.1. The monoisotopic (exact) mass is 413 g/mol. The second kappa shape index (κ2) is 8.85. The summed E-state index contributed by atoms with van der Waals surface area (Å²) in [6.45, 7) is 4.57. The lowest BCUT2D eigenvalue weighted by Crippen LogP contribution is -2.64.